The maximum absolute atomic E-state index is 12.4. The fourth-order valence-corrected chi connectivity index (χ4v) is 2.56. The van der Waals surface area contributed by atoms with Crippen molar-refractivity contribution in [1.29, 1.82) is 0 Å². The average molecular weight is 319 g/mol. The van der Waals surface area contributed by atoms with Gasteiger partial charge in [0.1, 0.15) is 5.75 Å². The van der Waals surface area contributed by atoms with Crippen LogP contribution in [0.5, 0.6) is 5.75 Å². The third-order valence-electron chi connectivity index (χ3n) is 3.14. The Hall–Kier alpha value is -2.34. The molecule has 2 aromatic carbocycles. The number of ether oxygens (including phenoxy) is 1. The van der Waals surface area contributed by atoms with E-state index in [1.54, 1.807) is 36.4 Å². The first-order valence-electron chi connectivity index (χ1n) is 6.75. The van der Waals surface area contributed by atoms with E-state index < -0.39 is 10.0 Å². The number of rotatable bonds is 6. The predicted octanol–water partition coefficient (Wildman–Crippen LogP) is 2.69. The smallest absolute Gasteiger partial charge is 0.232 e. The quantitative estimate of drug-likeness (QED) is 0.831. The number of sulfonamides is 1. The summed E-state index contributed by atoms with van der Waals surface area (Å²) >= 11 is 0. The number of ketones is 1. The SMILES string of the molecule is CCS(=O)(=O)Nc1cc(C(=O)c2ccccc2)ccc1OC. The monoisotopic (exact) mass is 319 g/mol. The van der Waals surface area contributed by atoms with Crippen LogP contribution in [0.4, 0.5) is 5.69 Å². The van der Waals surface area contributed by atoms with Crippen LogP contribution < -0.4 is 9.46 Å². The molecule has 0 spiro atoms. The highest BCUT2D eigenvalue weighted by Gasteiger charge is 2.15. The summed E-state index contributed by atoms with van der Waals surface area (Å²) < 4.78 is 31.0. The normalized spacial score (nSPS) is 11.0. The lowest BCUT2D eigenvalue weighted by molar-refractivity contribution is 0.103. The van der Waals surface area contributed by atoms with Crippen LogP contribution in [0, 0.1) is 0 Å². The molecule has 5 nitrogen and oxygen atoms in total. The molecule has 0 amide bonds. The second-order valence-corrected chi connectivity index (χ2v) is 6.63. The summed E-state index contributed by atoms with van der Waals surface area (Å²) in [5.41, 5.74) is 1.18. The molecule has 2 aromatic rings. The van der Waals surface area contributed by atoms with Crippen molar-refractivity contribution in [3.63, 3.8) is 0 Å². The predicted molar refractivity (Wildman–Crippen MR) is 86.0 cm³/mol. The highest BCUT2D eigenvalue weighted by atomic mass is 32.2. The number of carbonyl (C=O) groups is 1. The first-order valence-corrected chi connectivity index (χ1v) is 8.40. The highest BCUT2D eigenvalue weighted by Crippen LogP contribution is 2.27. The van der Waals surface area contributed by atoms with Gasteiger partial charge in [-0.2, -0.15) is 0 Å². The van der Waals surface area contributed by atoms with Gasteiger partial charge in [-0.15, -0.1) is 0 Å². The molecule has 0 atom stereocenters. The minimum atomic E-state index is -3.45. The van der Waals surface area contributed by atoms with Crippen LogP contribution in [0.15, 0.2) is 48.5 Å². The second-order valence-electron chi connectivity index (χ2n) is 4.62. The summed E-state index contributed by atoms with van der Waals surface area (Å²) in [6.07, 6.45) is 0. The molecular weight excluding hydrogens is 302 g/mol. The first-order chi connectivity index (χ1) is 10.5. The van der Waals surface area contributed by atoms with Crippen LogP contribution >= 0.6 is 0 Å². The number of nitrogens with one attached hydrogen (secondary N) is 1. The van der Waals surface area contributed by atoms with Crippen LogP contribution in [0.3, 0.4) is 0 Å². The van der Waals surface area contributed by atoms with E-state index in [0.29, 0.717) is 16.9 Å². The number of benzene rings is 2. The van der Waals surface area contributed by atoms with E-state index in [1.807, 2.05) is 6.07 Å². The van der Waals surface area contributed by atoms with Gasteiger partial charge in [-0.3, -0.25) is 9.52 Å². The van der Waals surface area contributed by atoms with Gasteiger partial charge in [-0.05, 0) is 25.1 Å². The maximum Gasteiger partial charge on any atom is 0.232 e. The Balaban J connectivity index is 2.41. The van der Waals surface area contributed by atoms with Gasteiger partial charge < -0.3 is 4.74 Å². The summed E-state index contributed by atoms with van der Waals surface area (Å²) in [6, 6.07) is 13.5. The van der Waals surface area contributed by atoms with Crippen LogP contribution in [-0.4, -0.2) is 27.1 Å². The van der Waals surface area contributed by atoms with Gasteiger partial charge in [0.05, 0.1) is 18.6 Å². The summed E-state index contributed by atoms with van der Waals surface area (Å²) in [4.78, 5) is 12.4. The molecule has 0 bridgehead atoms. The summed E-state index contributed by atoms with van der Waals surface area (Å²) in [7, 11) is -2.01. The summed E-state index contributed by atoms with van der Waals surface area (Å²) in [5.74, 6) is 0.120. The van der Waals surface area contributed by atoms with E-state index in [9.17, 15) is 13.2 Å². The van der Waals surface area contributed by atoms with Crippen LogP contribution in [0.2, 0.25) is 0 Å². The molecule has 0 saturated carbocycles. The molecule has 0 aromatic heterocycles. The molecule has 0 aliphatic rings. The largest absolute Gasteiger partial charge is 0.495 e. The maximum atomic E-state index is 12.4. The zero-order valence-corrected chi connectivity index (χ0v) is 13.2. The third kappa shape index (κ3) is 3.65. The molecule has 0 radical (unpaired) electrons. The molecule has 0 aliphatic heterocycles. The van der Waals surface area contributed by atoms with Crippen molar-refractivity contribution in [3.05, 3.63) is 59.7 Å². The molecular formula is C16H17NO4S. The first kappa shape index (κ1) is 16.0. The molecule has 0 fully saturated rings. The molecule has 0 aliphatic carbocycles. The Labute approximate surface area is 130 Å². The van der Waals surface area contributed by atoms with Crippen molar-refractivity contribution in [2.75, 3.05) is 17.6 Å². The molecule has 1 N–H and O–H groups in total. The number of hydrogen-bond acceptors (Lipinski definition) is 4. The Bertz CT molecular complexity index is 770. The molecule has 6 heteroatoms. The second kappa shape index (κ2) is 6.62. The van der Waals surface area contributed by atoms with Gasteiger partial charge in [0.25, 0.3) is 0 Å². The van der Waals surface area contributed by atoms with Crippen LogP contribution in [-0.2, 0) is 10.0 Å². The number of carbonyl (C=O) groups excluding carboxylic acids is 1. The molecule has 2 rings (SSSR count). The molecule has 22 heavy (non-hydrogen) atoms. The lowest BCUT2D eigenvalue weighted by Crippen LogP contribution is -2.15. The van der Waals surface area contributed by atoms with E-state index in [4.69, 9.17) is 4.74 Å². The van der Waals surface area contributed by atoms with E-state index in [0.717, 1.165) is 0 Å². The number of hydrogen-bond donors (Lipinski definition) is 1. The topological polar surface area (TPSA) is 72.5 Å². The van der Waals surface area contributed by atoms with Gasteiger partial charge in [-0.25, -0.2) is 8.42 Å². The van der Waals surface area contributed by atoms with E-state index in [2.05, 4.69) is 4.72 Å². The molecule has 0 heterocycles. The van der Waals surface area contributed by atoms with Crippen molar-refractivity contribution in [3.8, 4) is 5.75 Å². The molecule has 0 unspecified atom stereocenters. The minimum absolute atomic E-state index is 0.0625. The van der Waals surface area contributed by atoms with Crippen molar-refractivity contribution in [2.45, 2.75) is 6.92 Å². The number of methoxy groups -OCH3 is 1. The highest BCUT2D eigenvalue weighted by molar-refractivity contribution is 7.92. The molecule has 116 valence electrons. The van der Waals surface area contributed by atoms with Crippen LogP contribution in [0.25, 0.3) is 0 Å². The van der Waals surface area contributed by atoms with Crippen LogP contribution in [0.1, 0.15) is 22.8 Å². The Morgan fingerprint density at radius 2 is 1.77 bits per heavy atom. The van der Waals surface area contributed by atoms with Gasteiger partial charge in [0.15, 0.2) is 5.78 Å². The Morgan fingerprint density at radius 3 is 2.36 bits per heavy atom. The lowest BCUT2D eigenvalue weighted by Gasteiger charge is -2.12. The summed E-state index contributed by atoms with van der Waals surface area (Å²) in [5, 5.41) is 0. The lowest BCUT2D eigenvalue weighted by atomic mass is 10.0. The standard InChI is InChI=1S/C16H17NO4S/c1-3-22(19,20)17-14-11-13(9-10-15(14)21-2)16(18)12-7-5-4-6-8-12/h4-11,17H,3H2,1-2H3. The zero-order chi connectivity index (χ0) is 16.2. The van der Waals surface area contributed by atoms with Gasteiger partial charge in [-0.1, -0.05) is 30.3 Å². The Kier molecular flexibility index (Phi) is 4.82. The molecule has 0 saturated heterocycles. The van der Waals surface area contributed by atoms with E-state index >= 15 is 0 Å². The fraction of sp³-hybridized carbons (Fsp3) is 0.188. The van der Waals surface area contributed by atoms with Gasteiger partial charge >= 0.3 is 0 Å². The fourth-order valence-electron chi connectivity index (χ4n) is 1.92. The minimum Gasteiger partial charge on any atom is -0.495 e. The van der Waals surface area contributed by atoms with Crippen molar-refractivity contribution in [1.82, 2.24) is 0 Å². The summed E-state index contributed by atoms with van der Waals surface area (Å²) in [6.45, 7) is 1.54. The van der Waals surface area contributed by atoms with E-state index in [-0.39, 0.29) is 17.2 Å². The van der Waals surface area contributed by atoms with Crippen molar-refractivity contribution in [2.24, 2.45) is 0 Å². The number of anilines is 1. The van der Waals surface area contributed by atoms with Crippen molar-refractivity contribution >= 4 is 21.5 Å². The van der Waals surface area contributed by atoms with Gasteiger partial charge in [0.2, 0.25) is 10.0 Å². The Morgan fingerprint density at radius 1 is 1.09 bits per heavy atom. The average Bonchev–Trinajstić information content (AvgIpc) is 2.54. The third-order valence-corrected chi connectivity index (χ3v) is 4.43. The zero-order valence-electron chi connectivity index (χ0n) is 12.4. The van der Waals surface area contributed by atoms with Crippen molar-refractivity contribution < 1.29 is 17.9 Å². The van der Waals surface area contributed by atoms with E-state index in [1.165, 1.54) is 20.1 Å². The van der Waals surface area contributed by atoms with Gasteiger partial charge in [0, 0.05) is 11.1 Å².